The molecule has 1 aromatic carbocycles. The van der Waals surface area contributed by atoms with Gasteiger partial charge in [-0.15, -0.1) is 0 Å². The number of hydrogen-bond acceptors (Lipinski definition) is 19. The summed E-state index contributed by atoms with van der Waals surface area (Å²) in [5.41, 5.74) is 0.977. The summed E-state index contributed by atoms with van der Waals surface area (Å²) in [6.07, 6.45) is 0.320. The zero-order valence-corrected chi connectivity index (χ0v) is 37.5. The Bertz CT molecular complexity index is 1000. The number of esters is 1. The van der Waals surface area contributed by atoms with Crippen LogP contribution in [0.5, 0.6) is 0 Å². The third kappa shape index (κ3) is 47.5. The van der Waals surface area contributed by atoms with Crippen molar-refractivity contribution in [3.05, 3.63) is 35.9 Å². The zero-order valence-electron chi connectivity index (χ0n) is 37.5. The van der Waals surface area contributed by atoms with Crippen LogP contribution in [0.2, 0.25) is 0 Å². The smallest absolute Gasteiger partial charge is 0.307 e. The molecule has 0 unspecified atom stereocenters. The van der Waals surface area contributed by atoms with E-state index in [2.05, 4.69) is 5.32 Å². The van der Waals surface area contributed by atoms with Gasteiger partial charge in [0.1, 0.15) is 6.61 Å². The highest BCUT2D eigenvalue weighted by atomic mass is 16.6. The van der Waals surface area contributed by atoms with Crippen LogP contribution in [-0.4, -0.2) is 231 Å². The van der Waals surface area contributed by atoms with E-state index < -0.39 is 0 Å². The minimum absolute atomic E-state index is 0.223. The van der Waals surface area contributed by atoms with Gasteiger partial charge in [0.15, 0.2) is 0 Å². The fourth-order valence-corrected chi connectivity index (χ4v) is 4.59. The molecule has 1 N–H and O–H groups in total. The summed E-state index contributed by atoms with van der Waals surface area (Å²) in [4.78, 5) is 11.8. The number of rotatable bonds is 53. The maximum Gasteiger partial charge on any atom is 0.307 e. The summed E-state index contributed by atoms with van der Waals surface area (Å²) in [5, 5.41) is 3.17. The maximum absolute atomic E-state index is 11.8. The van der Waals surface area contributed by atoms with Gasteiger partial charge in [-0.1, -0.05) is 30.3 Å². The van der Waals surface area contributed by atoms with Crippen LogP contribution in [0.3, 0.4) is 0 Å². The molecule has 1 aromatic rings. The topological polar surface area (TPSA) is 186 Å². The molecule has 0 fully saturated rings. The predicted molar refractivity (Wildman–Crippen MR) is 228 cm³/mol. The predicted octanol–water partition coefficient (Wildman–Crippen LogP) is 1.60. The second-order valence-electron chi connectivity index (χ2n) is 12.8. The number of hydrogen-bond donors (Lipinski definition) is 1. The molecule has 0 saturated carbocycles. The standard InChI is InChI=1S/C43H79NO18/c1-46-11-12-48-15-16-50-19-20-52-23-24-54-27-28-56-31-32-58-35-36-60-39-40-61-38-37-59-34-33-57-30-29-55-26-25-53-22-21-51-18-17-49-14-13-47-10-9-44-8-7-43(45)62-41-42-5-3-2-4-6-42/h2-6,44H,7-41H2,1H3. The van der Waals surface area contributed by atoms with Crippen LogP contribution >= 0.6 is 0 Å². The molecule has 19 heteroatoms. The van der Waals surface area contributed by atoms with Crippen LogP contribution in [-0.2, 0) is 91.9 Å². The van der Waals surface area contributed by atoms with Gasteiger partial charge in [-0.3, -0.25) is 4.79 Å². The van der Waals surface area contributed by atoms with Gasteiger partial charge in [0, 0.05) is 20.2 Å². The molecule has 364 valence electrons. The van der Waals surface area contributed by atoms with Gasteiger partial charge in [-0.2, -0.15) is 0 Å². The van der Waals surface area contributed by atoms with Crippen molar-refractivity contribution in [1.29, 1.82) is 0 Å². The monoisotopic (exact) mass is 898 g/mol. The van der Waals surface area contributed by atoms with Gasteiger partial charge >= 0.3 is 5.97 Å². The van der Waals surface area contributed by atoms with Gasteiger partial charge < -0.3 is 85.8 Å². The van der Waals surface area contributed by atoms with Crippen molar-refractivity contribution >= 4 is 5.97 Å². The first kappa shape index (κ1) is 58.0. The van der Waals surface area contributed by atoms with Crippen molar-refractivity contribution in [1.82, 2.24) is 5.32 Å². The highest BCUT2D eigenvalue weighted by Gasteiger charge is 2.03. The summed E-state index contributed by atoms with van der Waals surface area (Å²) in [7, 11) is 1.64. The molecular weight excluding hydrogens is 818 g/mol. The van der Waals surface area contributed by atoms with Crippen molar-refractivity contribution in [3.8, 4) is 0 Å². The van der Waals surface area contributed by atoms with Gasteiger partial charge in [0.25, 0.3) is 0 Å². The number of methoxy groups -OCH3 is 1. The molecule has 0 radical (unpaired) electrons. The average Bonchev–Trinajstić information content (AvgIpc) is 3.29. The molecule has 0 bridgehead atoms. The molecule has 19 nitrogen and oxygen atoms in total. The van der Waals surface area contributed by atoms with E-state index in [1.54, 1.807) is 7.11 Å². The lowest BCUT2D eigenvalue weighted by Gasteiger charge is -2.09. The molecule has 0 saturated heterocycles. The SMILES string of the molecule is COCCOCCOCCOCCOCCOCCOCCOCCOCCOCCOCCOCCOCCOCCOCCOCCNCCC(=O)OCc1ccccc1. The quantitative estimate of drug-likeness (QED) is 0.0734. The molecule has 0 aliphatic rings. The van der Waals surface area contributed by atoms with Gasteiger partial charge in [0.2, 0.25) is 0 Å². The number of carbonyl (C=O) groups is 1. The molecule has 0 atom stereocenters. The van der Waals surface area contributed by atoms with E-state index in [1.807, 2.05) is 30.3 Å². The van der Waals surface area contributed by atoms with Crippen molar-refractivity contribution in [2.75, 3.05) is 225 Å². The van der Waals surface area contributed by atoms with Crippen LogP contribution < -0.4 is 5.32 Å². The van der Waals surface area contributed by atoms with E-state index in [9.17, 15) is 4.79 Å². The van der Waals surface area contributed by atoms with Crippen molar-refractivity contribution in [2.24, 2.45) is 0 Å². The highest BCUT2D eigenvalue weighted by Crippen LogP contribution is 2.01. The highest BCUT2D eigenvalue weighted by molar-refractivity contribution is 5.69. The Morgan fingerprint density at radius 2 is 0.613 bits per heavy atom. The van der Waals surface area contributed by atoms with E-state index in [0.29, 0.717) is 231 Å². The molecule has 0 aliphatic heterocycles. The Morgan fingerprint density at radius 1 is 0.355 bits per heavy atom. The molecule has 0 aliphatic carbocycles. The number of ether oxygens (including phenoxy) is 17. The van der Waals surface area contributed by atoms with E-state index in [1.165, 1.54) is 0 Å². The third-order valence-electron chi connectivity index (χ3n) is 7.81. The fourth-order valence-electron chi connectivity index (χ4n) is 4.59. The molecule has 1 rings (SSSR count). The zero-order chi connectivity index (χ0) is 44.2. The first-order chi connectivity index (χ1) is 30.8. The van der Waals surface area contributed by atoms with Crippen LogP contribution in [0.15, 0.2) is 30.3 Å². The number of benzene rings is 1. The second-order valence-corrected chi connectivity index (χ2v) is 12.8. The van der Waals surface area contributed by atoms with Crippen LogP contribution in [0, 0.1) is 0 Å². The summed E-state index contributed by atoms with van der Waals surface area (Å²) in [6, 6.07) is 9.62. The van der Waals surface area contributed by atoms with Crippen molar-refractivity contribution in [3.63, 3.8) is 0 Å². The molecule has 62 heavy (non-hydrogen) atoms. The van der Waals surface area contributed by atoms with Crippen LogP contribution in [0.4, 0.5) is 0 Å². The largest absolute Gasteiger partial charge is 0.461 e. The minimum atomic E-state index is -0.223. The van der Waals surface area contributed by atoms with Gasteiger partial charge in [-0.05, 0) is 5.56 Å². The lowest BCUT2D eigenvalue weighted by atomic mass is 10.2. The Kier molecular flexibility index (Phi) is 48.3. The maximum atomic E-state index is 11.8. The third-order valence-corrected chi connectivity index (χ3v) is 7.81. The normalized spacial score (nSPS) is 11.5. The van der Waals surface area contributed by atoms with Crippen LogP contribution in [0.25, 0.3) is 0 Å². The molecular formula is C43H79NO18. The lowest BCUT2D eigenvalue weighted by Crippen LogP contribution is -2.24. The Hall–Kier alpha value is -1.99. The minimum Gasteiger partial charge on any atom is -0.461 e. The Balaban J connectivity index is 1.61. The second kappa shape index (κ2) is 51.6. The van der Waals surface area contributed by atoms with Crippen molar-refractivity contribution in [2.45, 2.75) is 13.0 Å². The van der Waals surface area contributed by atoms with E-state index in [-0.39, 0.29) is 5.97 Å². The summed E-state index contributed by atoms with van der Waals surface area (Å²) >= 11 is 0. The van der Waals surface area contributed by atoms with Gasteiger partial charge in [0.05, 0.1) is 211 Å². The average molecular weight is 898 g/mol. The van der Waals surface area contributed by atoms with E-state index in [0.717, 1.165) is 5.56 Å². The molecule has 0 spiro atoms. The lowest BCUT2D eigenvalue weighted by molar-refractivity contribution is -0.144. The number of carbonyl (C=O) groups excluding carboxylic acids is 1. The summed E-state index contributed by atoms with van der Waals surface area (Å²) < 4.78 is 92.3. The summed E-state index contributed by atoms with van der Waals surface area (Å²) in [5.74, 6) is -0.223. The Morgan fingerprint density at radius 3 is 0.887 bits per heavy atom. The molecule has 0 heterocycles. The molecule has 0 aromatic heterocycles. The first-order valence-corrected chi connectivity index (χ1v) is 21.9. The van der Waals surface area contributed by atoms with E-state index in [4.69, 9.17) is 80.5 Å². The van der Waals surface area contributed by atoms with Gasteiger partial charge in [-0.25, -0.2) is 0 Å². The fraction of sp³-hybridized carbons (Fsp3) is 0.837. The first-order valence-electron chi connectivity index (χ1n) is 21.9. The van der Waals surface area contributed by atoms with E-state index >= 15 is 0 Å². The summed E-state index contributed by atoms with van der Waals surface area (Å²) in [6.45, 7) is 17.2. The van der Waals surface area contributed by atoms with Crippen molar-refractivity contribution < 1.29 is 85.3 Å². The van der Waals surface area contributed by atoms with Crippen LogP contribution in [0.1, 0.15) is 12.0 Å². The Labute approximate surface area is 370 Å². The number of nitrogens with one attached hydrogen (secondary N) is 1. The molecule has 0 amide bonds.